The molecule has 1 saturated heterocycles. The molecule has 4 nitrogen and oxygen atoms in total. The number of hydrogen-bond donors (Lipinski definition) is 1. The Balaban J connectivity index is 1.57. The van der Waals surface area contributed by atoms with Crippen molar-refractivity contribution < 1.29 is 4.79 Å². The summed E-state index contributed by atoms with van der Waals surface area (Å²) in [7, 11) is 0. The van der Waals surface area contributed by atoms with Gasteiger partial charge < -0.3 is 15.1 Å². The lowest BCUT2D eigenvalue weighted by Crippen LogP contribution is -2.50. The summed E-state index contributed by atoms with van der Waals surface area (Å²) in [5, 5.41) is 4.04. The van der Waals surface area contributed by atoms with Gasteiger partial charge in [-0.05, 0) is 37.3 Å². The van der Waals surface area contributed by atoms with Crippen molar-refractivity contribution in [3.05, 3.63) is 58.1 Å². The zero-order valence-corrected chi connectivity index (χ0v) is 14.9. The largest absolute Gasteiger partial charge is 0.368 e. The summed E-state index contributed by atoms with van der Waals surface area (Å²) in [5.74, 6) is 0. The van der Waals surface area contributed by atoms with Crippen LogP contribution in [0.5, 0.6) is 0 Å². The summed E-state index contributed by atoms with van der Waals surface area (Å²) >= 11 is 12.0. The fourth-order valence-corrected chi connectivity index (χ4v) is 2.98. The summed E-state index contributed by atoms with van der Waals surface area (Å²) < 4.78 is 0. The highest BCUT2D eigenvalue weighted by Crippen LogP contribution is 2.27. The number of carbonyl (C=O) groups excluding carboxylic acids is 1. The van der Waals surface area contributed by atoms with Gasteiger partial charge in [-0.15, -0.1) is 0 Å². The number of urea groups is 1. The molecule has 0 saturated carbocycles. The van der Waals surface area contributed by atoms with E-state index in [1.165, 1.54) is 5.56 Å². The molecule has 1 N–H and O–H groups in total. The molecule has 0 aliphatic carbocycles. The van der Waals surface area contributed by atoms with Crippen molar-refractivity contribution in [2.75, 3.05) is 36.4 Å². The first-order chi connectivity index (χ1) is 11.5. The first-order valence-corrected chi connectivity index (χ1v) is 8.61. The van der Waals surface area contributed by atoms with E-state index in [9.17, 15) is 4.79 Å². The van der Waals surface area contributed by atoms with E-state index in [1.54, 1.807) is 6.07 Å². The van der Waals surface area contributed by atoms with Crippen molar-refractivity contribution in [1.82, 2.24) is 4.90 Å². The van der Waals surface area contributed by atoms with Crippen molar-refractivity contribution in [2.45, 2.75) is 6.92 Å². The van der Waals surface area contributed by atoms with Crippen LogP contribution in [0.3, 0.4) is 0 Å². The fourth-order valence-electron chi connectivity index (χ4n) is 2.69. The molecule has 0 unspecified atom stereocenters. The topological polar surface area (TPSA) is 35.6 Å². The molecule has 0 radical (unpaired) electrons. The van der Waals surface area contributed by atoms with Crippen molar-refractivity contribution in [2.24, 2.45) is 0 Å². The predicted molar refractivity (Wildman–Crippen MR) is 100 cm³/mol. The maximum atomic E-state index is 12.4. The second kappa shape index (κ2) is 7.32. The lowest BCUT2D eigenvalue weighted by atomic mass is 10.2. The van der Waals surface area contributed by atoms with Crippen LogP contribution in [0, 0.1) is 6.92 Å². The average molecular weight is 364 g/mol. The van der Waals surface area contributed by atoms with Crippen LogP contribution in [0.2, 0.25) is 10.0 Å². The van der Waals surface area contributed by atoms with Gasteiger partial charge in [0, 0.05) is 37.6 Å². The van der Waals surface area contributed by atoms with Crippen molar-refractivity contribution in [1.29, 1.82) is 0 Å². The Labute approximate surface area is 152 Å². The van der Waals surface area contributed by atoms with Gasteiger partial charge in [-0.25, -0.2) is 4.79 Å². The number of amides is 2. The third-order valence-electron chi connectivity index (χ3n) is 4.14. The van der Waals surface area contributed by atoms with Crippen LogP contribution in [0.15, 0.2) is 42.5 Å². The molecule has 1 aliphatic heterocycles. The van der Waals surface area contributed by atoms with Gasteiger partial charge in [-0.3, -0.25) is 0 Å². The van der Waals surface area contributed by atoms with Gasteiger partial charge in [0.2, 0.25) is 0 Å². The third-order valence-corrected chi connectivity index (χ3v) is 4.88. The smallest absolute Gasteiger partial charge is 0.321 e. The molecular formula is C18H19Cl2N3O. The number of benzene rings is 2. The maximum Gasteiger partial charge on any atom is 0.321 e. The molecule has 1 heterocycles. The predicted octanol–water partition coefficient (Wildman–Crippen LogP) is 4.66. The van der Waals surface area contributed by atoms with Crippen LogP contribution in [-0.4, -0.2) is 37.1 Å². The molecule has 2 aromatic rings. The van der Waals surface area contributed by atoms with Crippen LogP contribution in [0.1, 0.15) is 5.56 Å². The van der Waals surface area contributed by atoms with Gasteiger partial charge in [0.05, 0.1) is 10.0 Å². The molecule has 126 valence electrons. The van der Waals surface area contributed by atoms with Crippen LogP contribution in [0.4, 0.5) is 16.2 Å². The van der Waals surface area contributed by atoms with E-state index in [1.807, 2.05) is 48.2 Å². The summed E-state index contributed by atoms with van der Waals surface area (Å²) in [6.07, 6.45) is 0. The van der Waals surface area contributed by atoms with Crippen molar-refractivity contribution in [3.63, 3.8) is 0 Å². The van der Waals surface area contributed by atoms with Crippen LogP contribution < -0.4 is 10.2 Å². The lowest BCUT2D eigenvalue weighted by molar-refractivity contribution is 0.208. The van der Waals surface area contributed by atoms with Gasteiger partial charge in [-0.2, -0.15) is 0 Å². The number of hydrogen-bond acceptors (Lipinski definition) is 2. The highest BCUT2D eigenvalue weighted by Gasteiger charge is 2.21. The fraction of sp³-hybridized carbons (Fsp3) is 0.278. The average Bonchev–Trinajstić information content (AvgIpc) is 2.59. The molecule has 1 fully saturated rings. The number of piperazine rings is 1. The molecule has 2 aromatic carbocycles. The lowest BCUT2D eigenvalue weighted by Gasteiger charge is -2.36. The first kappa shape index (κ1) is 16.9. The van der Waals surface area contributed by atoms with E-state index in [0.717, 1.165) is 24.5 Å². The van der Waals surface area contributed by atoms with Crippen LogP contribution in [-0.2, 0) is 0 Å². The van der Waals surface area contributed by atoms with Crippen molar-refractivity contribution >= 4 is 40.6 Å². The number of aryl methyl sites for hydroxylation is 1. The Bertz CT molecular complexity index is 726. The molecule has 2 amide bonds. The Morgan fingerprint density at radius 2 is 1.62 bits per heavy atom. The molecule has 0 bridgehead atoms. The number of halogens is 2. The van der Waals surface area contributed by atoms with E-state index in [4.69, 9.17) is 23.2 Å². The monoisotopic (exact) mass is 363 g/mol. The van der Waals surface area contributed by atoms with Crippen LogP contribution in [0.25, 0.3) is 0 Å². The molecule has 24 heavy (non-hydrogen) atoms. The Morgan fingerprint density at radius 1 is 0.958 bits per heavy atom. The first-order valence-electron chi connectivity index (χ1n) is 7.85. The second-order valence-electron chi connectivity index (χ2n) is 5.87. The SMILES string of the molecule is Cc1ccc(NC(=O)N2CCN(c3ccc(Cl)c(Cl)c3)CC2)cc1. The summed E-state index contributed by atoms with van der Waals surface area (Å²) in [6, 6.07) is 13.4. The van der Waals surface area contributed by atoms with E-state index in [0.29, 0.717) is 23.1 Å². The van der Waals surface area contributed by atoms with E-state index in [-0.39, 0.29) is 6.03 Å². The van der Waals surface area contributed by atoms with Gasteiger partial charge in [0.15, 0.2) is 0 Å². The highest BCUT2D eigenvalue weighted by molar-refractivity contribution is 6.42. The number of anilines is 2. The molecule has 3 rings (SSSR count). The minimum atomic E-state index is -0.0624. The number of nitrogens with zero attached hydrogens (tertiary/aromatic N) is 2. The van der Waals surface area contributed by atoms with Gasteiger partial charge in [-0.1, -0.05) is 40.9 Å². The molecule has 1 aliphatic rings. The zero-order valence-electron chi connectivity index (χ0n) is 13.4. The summed E-state index contributed by atoms with van der Waals surface area (Å²) in [4.78, 5) is 16.4. The number of carbonyl (C=O) groups is 1. The number of nitrogens with one attached hydrogen (secondary N) is 1. The van der Waals surface area contributed by atoms with Gasteiger partial charge in [0.1, 0.15) is 0 Å². The van der Waals surface area contributed by atoms with Gasteiger partial charge in [0.25, 0.3) is 0 Å². The van der Waals surface area contributed by atoms with Gasteiger partial charge >= 0.3 is 6.03 Å². The molecule has 0 atom stereocenters. The standard InChI is InChI=1S/C18H19Cl2N3O/c1-13-2-4-14(5-3-13)21-18(24)23-10-8-22(9-11-23)15-6-7-16(19)17(20)12-15/h2-7,12H,8-11H2,1H3,(H,21,24). The van der Waals surface area contributed by atoms with E-state index >= 15 is 0 Å². The molecular weight excluding hydrogens is 345 g/mol. The number of rotatable bonds is 2. The summed E-state index contributed by atoms with van der Waals surface area (Å²) in [5.41, 5.74) is 3.02. The third kappa shape index (κ3) is 3.94. The molecule has 6 heteroatoms. The minimum Gasteiger partial charge on any atom is -0.368 e. The highest BCUT2D eigenvalue weighted by atomic mass is 35.5. The Kier molecular flexibility index (Phi) is 5.17. The zero-order chi connectivity index (χ0) is 17.1. The Hall–Kier alpha value is -1.91. The van der Waals surface area contributed by atoms with E-state index in [2.05, 4.69) is 10.2 Å². The second-order valence-corrected chi connectivity index (χ2v) is 6.68. The van der Waals surface area contributed by atoms with E-state index < -0.39 is 0 Å². The van der Waals surface area contributed by atoms with Crippen molar-refractivity contribution in [3.8, 4) is 0 Å². The minimum absolute atomic E-state index is 0.0624. The quantitative estimate of drug-likeness (QED) is 0.842. The van der Waals surface area contributed by atoms with Crippen LogP contribution >= 0.6 is 23.2 Å². The Morgan fingerprint density at radius 3 is 2.25 bits per heavy atom. The normalized spacial score (nSPS) is 14.6. The molecule has 0 spiro atoms. The maximum absolute atomic E-state index is 12.4. The summed E-state index contributed by atoms with van der Waals surface area (Å²) in [6.45, 7) is 4.88. The molecule has 0 aromatic heterocycles.